The summed E-state index contributed by atoms with van der Waals surface area (Å²) in [4.78, 5) is 0. The molecule has 0 bridgehead atoms. The lowest BCUT2D eigenvalue weighted by Crippen LogP contribution is -2.26. The molecule has 2 unspecified atom stereocenters. The van der Waals surface area contributed by atoms with Gasteiger partial charge in [-0.3, -0.25) is 0 Å². The van der Waals surface area contributed by atoms with E-state index >= 15 is 0 Å². The van der Waals surface area contributed by atoms with Gasteiger partial charge in [0.25, 0.3) is 0 Å². The highest BCUT2D eigenvalue weighted by Gasteiger charge is 2.40. The van der Waals surface area contributed by atoms with Crippen LogP contribution in [0.1, 0.15) is 51.4 Å². The standard InChI is InChI=1S/C14H25F2N/c1-17-10-13(12-4-2-3-5-12)8-11-6-7-14(15,16)9-11/h11-13,17H,2-10H2,1H3. The summed E-state index contributed by atoms with van der Waals surface area (Å²) in [5, 5.41) is 3.25. The highest BCUT2D eigenvalue weighted by molar-refractivity contribution is 4.85. The molecule has 0 radical (unpaired) electrons. The predicted molar refractivity (Wildman–Crippen MR) is 66.3 cm³/mol. The fourth-order valence-electron chi connectivity index (χ4n) is 3.80. The van der Waals surface area contributed by atoms with Crippen LogP contribution in [0, 0.1) is 17.8 Å². The third-order valence-electron chi connectivity index (χ3n) is 4.67. The average Bonchev–Trinajstić information content (AvgIpc) is 2.87. The summed E-state index contributed by atoms with van der Waals surface area (Å²) in [6.45, 7) is 1.01. The Balaban J connectivity index is 1.84. The minimum Gasteiger partial charge on any atom is -0.319 e. The van der Waals surface area contributed by atoms with Crippen LogP contribution >= 0.6 is 0 Å². The van der Waals surface area contributed by atoms with Gasteiger partial charge in [-0.25, -0.2) is 8.78 Å². The third-order valence-corrected chi connectivity index (χ3v) is 4.67. The minimum atomic E-state index is -2.37. The molecule has 0 heterocycles. The number of hydrogen-bond donors (Lipinski definition) is 1. The smallest absolute Gasteiger partial charge is 0.248 e. The van der Waals surface area contributed by atoms with Gasteiger partial charge in [0.2, 0.25) is 5.92 Å². The van der Waals surface area contributed by atoms with Gasteiger partial charge in [-0.1, -0.05) is 25.7 Å². The summed E-state index contributed by atoms with van der Waals surface area (Å²) in [6.07, 6.45) is 7.32. The van der Waals surface area contributed by atoms with E-state index in [0.717, 1.165) is 25.3 Å². The maximum Gasteiger partial charge on any atom is 0.248 e. The Bertz CT molecular complexity index is 236. The summed E-state index contributed by atoms with van der Waals surface area (Å²) in [5.41, 5.74) is 0. The molecule has 1 nitrogen and oxygen atoms in total. The molecule has 100 valence electrons. The van der Waals surface area contributed by atoms with Crippen molar-refractivity contribution in [2.24, 2.45) is 17.8 Å². The molecular formula is C14H25F2N. The van der Waals surface area contributed by atoms with Gasteiger partial charge < -0.3 is 5.32 Å². The van der Waals surface area contributed by atoms with Crippen LogP contribution in [0.2, 0.25) is 0 Å². The molecule has 0 amide bonds. The van der Waals surface area contributed by atoms with Gasteiger partial charge in [0.05, 0.1) is 0 Å². The zero-order chi connectivity index (χ0) is 12.3. The zero-order valence-corrected chi connectivity index (χ0v) is 10.9. The molecule has 0 spiro atoms. The fraction of sp³-hybridized carbons (Fsp3) is 1.00. The molecule has 2 rings (SSSR count). The van der Waals surface area contributed by atoms with E-state index in [4.69, 9.17) is 0 Å². The topological polar surface area (TPSA) is 12.0 Å². The van der Waals surface area contributed by atoms with Gasteiger partial charge in [0, 0.05) is 12.8 Å². The highest BCUT2D eigenvalue weighted by Crippen LogP contribution is 2.44. The molecular weight excluding hydrogens is 220 g/mol. The minimum absolute atomic E-state index is 0.120. The van der Waals surface area contributed by atoms with E-state index in [0.29, 0.717) is 5.92 Å². The van der Waals surface area contributed by atoms with Crippen molar-refractivity contribution in [3.63, 3.8) is 0 Å². The summed E-state index contributed by atoms with van der Waals surface area (Å²) in [6, 6.07) is 0. The Morgan fingerprint density at radius 3 is 2.47 bits per heavy atom. The van der Waals surface area contributed by atoms with E-state index in [1.54, 1.807) is 0 Å². The van der Waals surface area contributed by atoms with Crippen molar-refractivity contribution < 1.29 is 8.78 Å². The van der Waals surface area contributed by atoms with Gasteiger partial charge in [0.1, 0.15) is 0 Å². The number of halogens is 2. The van der Waals surface area contributed by atoms with Gasteiger partial charge in [-0.05, 0) is 44.2 Å². The maximum absolute atomic E-state index is 13.2. The normalized spacial score (nSPS) is 30.9. The second-order valence-corrected chi connectivity index (χ2v) is 6.06. The van der Waals surface area contributed by atoms with Crippen LogP contribution in [0.4, 0.5) is 8.78 Å². The molecule has 0 aliphatic heterocycles. The van der Waals surface area contributed by atoms with Crippen molar-refractivity contribution in [3.05, 3.63) is 0 Å². The second kappa shape index (κ2) is 5.64. The molecule has 0 aromatic heterocycles. The Hall–Kier alpha value is -0.180. The number of alkyl halides is 2. The van der Waals surface area contributed by atoms with Crippen LogP contribution in [-0.4, -0.2) is 19.5 Å². The monoisotopic (exact) mass is 245 g/mol. The second-order valence-electron chi connectivity index (χ2n) is 6.06. The molecule has 2 aliphatic carbocycles. The van der Waals surface area contributed by atoms with Crippen LogP contribution in [0.15, 0.2) is 0 Å². The van der Waals surface area contributed by atoms with Gasteiger partial charge in [-0.15, -0.1) is 0 Å². The summed E-state index contributed by atoms with van der Waals surface area (Å²) in [7, 11) is 1.98. The maximum atomic E-state index is 13.2. The van der Waals surface area contributed by atoms with Gasteiger partial charge in [-0.2, -0.15) is 0 Å². The summed E-state index contributed by atoms with van der Waals surface area (Å²) in [5.74, 6) is -0.688. The fourth-order valence-corrected chi connectivity index (χ4v) is 3.80. The lowest BCUT2D eigenvalue weighted by atomic mass is 9.82. The first-order chi connectivity index (χ1) is 8.11. The third kappa shape index (κ3) is 3.64. The average molecular weight is 245 g/mol. The first-order valence-corrected chi connectivity index (χ1v) is 7.13. The molecule has 2 saturated carbocycles. The first-order valence-electron chi connectivity index (χ1n) is 7.13. The Morgan fingerprint density at radius 2 is 1.94 bits per heavy atom. The molecule has 2 fully saturated rings. The van der Waals surface area contributed by atoms with Gasteiger partial charge >= 0.3 is 0 Å². The van der Waals surface area contributed by atoms with Crippen molar-refractivity contribution in [3.8, 4) is 0 Å². The molecule has 0 aromatic rings. The van der Waals surface area contributed by atoms with E-state index in [1.807, 2.05) is 7.05 Å². The van der Waals surface area contributed by atoms with Crippen LogP contribution in [0.25, 0.3) is 0 Å². The van der Waals surface area contributed by atoms with Crippen LogP contribution < -0.4 is 5.32 Å². The number of hydrogen-bond acceptors (Lipinski definition) is 1. The summed E-state index contributed by atoms with van der Waals surface area (Å²) >= 11 is 0. The van der Waals surface area contributed by atoms with Crippen molar-refractivity contribution in [1.82, 2.24) is 5.32 Å². The van der Waals surface area contributed by atoms with Crippen molar-refractivity contribution in [1.29, 1.82) is 0 Å². The molecule has 0 aromatic carbocycles. The number of rotatable bonds is 5. The number of nitrogens with one attached hydrogen (secondary N) is 1. The molecule has 1 N–H and O–H groups in total. The Morgan fingerprint density at radius 1 is 1.24 bits per heavy atom. The molecule has 17 heavy (non-hydrogen) atoms. The van der Waals surface area contributed by atoms with E-state index in [1.165, 1.54) is 25.7 Å². The van der Waals surface area contributed by atoms with E-state index in [9.17, 15) is 8.78 Å². The molecule has 2 aliphatic rings. The van der Waals surface area contributed by atoms with Crippen molar-refractivity contribution in [2.45, 2.75) is 57.3 Å². The predicted octanol–water partition coefficient (Wildman–Crippen LogP) is 3.84. The van der Waals surface area contributed by atoms with E-state index in [-0.39, 0.29) is 18.8 Å². The Labute approximate surface area is 103 Å². The highest BCUT2D eigenvalue weighted by atomic mass is 19.3. The van der Waals surface area contributed by atoms with Crippen LogP contribution in [0.5, 0.6) is 0 Å². The zero-order valence-electron chi connectivity index (χ0n) is 10.9. The summed E-state index contributed by atoms with van der Waals surface area (Å²) < 4.78 is 26.4. The van der Waals surface area contributed by atoms with Crippen LogP contribution in [0.3, 0.4) is 0 Å². The molecule has 2 atom stereocenters. The van der Waals surface area contributed by atoms with E-state index < -0.39 is 5.92 Å². The SMILES string of the molecule is CNCC(CC1CCC(F)(F)C1)C1CCCC1. The quantitative estimate of drug-likeness (QED) is 0.776. The van der Waals surface area contributed by atoms with E-state index in [2.05, 4.69) is 5.32 Å². The van der Waals surface area contributed by atoms with Gasteiger partial charge in [0.15, 0.2) is 0 Å². The lowest BCUT2D eigenvalue weighted by molar-refractivity contribution is 0.00363. The largest absolute Gasteiger partial charge is 0.319 e. The molecule has 0 saturated heterocycles. The Kier molecular flexibility index (Phi) is 4.40. The van der Waals surface area contributed by atoms with Crippen molar-refractivity contribution in [2.75, 3.05) is 13.6 Å². The first kappa shape index (κ1) is 13.3. The van der Waals surface area contributed by atoms with Crippen LogP contribution in [-0.2, 0) is 0 Å². The lowest BCUT2D eigenvalue weighted by Gasteiger charge is -2.26. The van der Waals surface area contributed by atoms with Crippen molar-refractivity contribution >= 4 is 0 Å². The molecule has 3 heteroatoms.